The number of aromatic amines is 1. The van der Waals surface area contributed by atoms with Crippen molar-refractivity contribution in [2.75, 3.05) is 24.5 Å². The summed E-state index contributed by atoms with van der Waals surface area (Å²) < 4.78 is 0. The van der Waals surface area contributed by atoms with Crippen molar-refractivity contribution < 1.29 is 5.11 Å². The number of aromatic nitrogens is 2. The molecule has 33 heavy (non-hydrogen) atoms. The van der Waals surface area contributed by atoms with Crippen molar-refractivity contribution in [3.63, 3.8) is 0 Å². The first kappa shape index (κ1) is 19.0. The van der Waals surface area contributed by atoms with Gasteiger partial charge in [-0.25, -0.2) is 4.98 Å². The Morgan fingerprint density at radius 1 is 1.18 bits per heavy atom. The van der Waals surface area contributed by atoms with Crippen LogP contribution in [0.2, 0.25) is 0 Å². The largest absolute Gasteiger partial charge is 0.508 e. The molecule has 3 saturated carbocycles. The van der Waals surface area contributed by atoms with Gasteiger partial charge in [-0.1, -0.05) is 6.07 Å². The summed E-state index contributed by atoms with van der Waals surface area (Å²) in [5.41, 5.74) is 3.33. The normalized spacial score (nSPS) is 40.5. The Morgan fingerprint density at radius 3 is 2.94 bits per heavy atom. The van der Waals surface area contributed by atoms with Crippen LogP contribution in [0.1, 0.15) is 49.7 Å². The van der Waals surface area contributed by atoms with Crippen LogP contribution in [0.15, 0.2) is 35.3 Å². The third-order valence-electron chi connectivity index (χ3n) is 10.7. The molecule has 3 heterocycles. The number of hydrogen-bond acceptors (Lipinski definition) is 5. The van der Waals surface area contributed by atoms with Gasteiger partial charge in [-0.3, -0.25) is 14.7 Å². The van der Waals surface area contributed by atoms with Gasteiger partial charge in [0.15, 0.2) is 0 Å². The van der Waals surface area contributed by atoms with E-state index in [1.807, 2.05) is 6.07 Å². The minimum atomic E-state index is -0.0678. The fraction of sp³-hybridized carbons (Fsp3) is 0.630. The number of piperidine rings is 1. The number of fused-ring (bicyclic) bond motifs is 1. The van der Waals surface area contributed by atoms with Crippen LogP contribution in [0.25, 0.3) is 0 Å². The molecule has 2 unspecified atom stereocenters. The number of H-pyrrole nitrogens is 1. The third kappa shape index (κ3) is 2.28. The lowest BCUT2D eigenvalue weighted by Crippen LogP contribution is -2.69. The van der Waals surface area contributed by atoms with Crippen molar-refractivity contribution in [1.82, 2.24) is 14.9 Å². The molecule has 0 radical (unpaired) electrons. The highest BCUT2D eigenvalue weighted by molar-refractivity contribution is 5.53. The number of nitrogens with one attached hydrogen (secondary N) is 1. The first-order valence-corrected chi connectivity index (χ1v) is 13.0. The highest BCUT2D eigenvalue weighted by Gasteiger charge is 2.76. The van der Waals surface area contributed by atoms with E-state index in [2.05, 4.69) is 31.9 Å². The van der Waals surface area contributed by atoms with E-state index in [9.17, 15) is 9.90 Å². The Morgan fingerprint density at radius 2 is 2.09 bits per heavy atom. The van der Waals surface area contributed by atoms with Crippen molar-refractivity contribution in [1.29, 1.82) is 0 Å². The quantitative estimate of drug-likeness (QED) is 0.761. The van der Waals surface area contributed by atoms with Gasteiger partial charge < -0.3 is 10.0 Å². The molecule has 8 rings (SSSR count). The molecule has 5 fully saturated rings. The molecule has 172 valence electrons. The van der Waals surface area contributed by atoms with Gasteiger partial charge in [0.2, 0.25) is 5.95 Å². The zero-order valence-corrected chi connectivity index (χ0v) is 19.0. The number of nitrogens with zero attached hydrogens (tertiary/aromatic N) is 3. The molecule has 0 amide bonds. The molecule has 4 bridgehead atoms. The number of benzene rings is 1. The van der Waals surface area contributed by atoms with Crippen molar-refractivity contribution >= 4 is 5.95 Å². The maximum Gasteiger partial charge on any atom is 0.252 e. The molecular formula is C27H32N4O2. The SMILES string of the molecule is O=c1ccnc(N2C[C@H]3C[C@@]45CCC2C3[C@@]42CCN(CC3CC3)[C@@H]5Cc3ccc(O)cc32)[nH]1. The van der Waals surface area contributed by atoms with E-state index in [4.69, 9.17) is 0 Å². The van der Waals surface area contributed by atoms with Gasteiger partial charge in [0.05, 0.1) is 0 Å². The van der Waals surface area contributed by atoms with Gasteiger partial charge in [0.1, 0.15) is 5.75 Å². The van der Waals surface area contributed by atoms with E-state index in [-0.39, 0.29) is 11.0 Å². The molecule has 6 aliphatic rings. The Labute approximate surface area is 194 Å². The van der Waals surface area contributed by atoms with Crippen LogP contribution < -0.4 is 10.5 Å². The monoisotopic (exact) mass is 444 g/mol. The number of phenols is 1. The molecule has 6 atom stereocenters. The Balaban J connectivity index is 1.29. The van der Waals surface area contributed by atoms with Crippen molar-refractivity contribution in [2.45, 2.75) is 62.4 Å². The predicted octanol–water partition coefficient (Wildman–Crippen LogP) is 3.06. The number of phenolic OH excluding ortho intramolecular Hbond substituents is 1. The second kappa shape index (κ2) is 6.21. The maximum atomic E-state index is 12.1. The molecule has 2 aliphatic heterocycles. The lowest BCUT2D eigenvalue weighted by atomic mass is 9.43. The highest BCUT2D eigenvalue weighted by atomic mass is 16.3. The van der Waals surface area contributed by atoms with Crippen LogP contribution in [0.4, 0.5) is 5.95 Å². The second-order valence-corrected chi connectivity index (χ2v) is 11.9. The summed E-state index contributed by atoms with van der Waals surface area (Å²) in [5, 5.41) is 10.6. The molecular weight excluding hydrogens is 412 g/mol. The number of likely N-dealkylation sites (tertiary alicyclic amines) is 1. The summed E-state index contributed by atoms with van der Waals surface area (Å²) >= 11 is 0. The van der Waals surface area contributed by atoms with E-state index in [0.717, 1.165) is 24.8 Å². The summed E-state index contributed by atoms with van der Waals surface area (Å²) in [6.07, 6.45) is 10.5. The van der Waals surface area contributed by atoms with Crippen LogP contribution in [-0.4, -0.2) is 51.7 Å². The number of anilines is 1. The van der Waals surface area contributed by atoms with E-state index in [1.54, 1.807) is 6.20 Å². The Hall–Kier alpha value is -2.34. The lowest BCUT2D eigenvalue weighted by molar-refractivity contribution is -0.0921. The van der Waals surface area contributed by atoms with Gasteiger partial charge in [-0.05, 0) is 97.9 Å². The summed E-state index contributed by atoms with van der Waals surface area (Å²) in [7, 11) is 0. The zero-order valence-electron chi connectivity index (χ0n) is 19.0. The highest BCUT2D eigenvalue weighted by Crippen LogP contribution is 2.75. The van der Waals surface area contributed by atoms with Crippen LogP contribution in [0, 0.1) is 23.2 Å². The molecule has 1 aromatic heterocycles. The average molecular weight is 445 g/mol. The molecule has 4 aliphatic carbocycles. The number of rotatable bonds is 3. The first-order chi connectivity index (χ1) is 16.1. The van der Waals surface area contributed by atoms with E-state index in [0.29, 0.717) is 35.1 Å². The van der Waals surface area contributed by atoms with Gasteiger partial charge in [-0.15, -0.1) is 0 Å². The fourth-order valence-corrected chi connectivity index (χ4v) is 9.69. The standard InChI is InChI=1S/C27H32N4O2/c32-19-4-3-17-11-22-26-7-5-21-24(18(13-26)15-31(21)25-28-9-6-23(33)29-25)27(26,20(17)12-19)8-10-30(22)14-16-1-2-16/h3-4,6,9,12,16,18,21-22,24,32H,1-2,5,7-8,10-11,13-15H2,(H,28,29,33)/t18-,21?,22-,24?,26-,27+/m1/s1. The van der Waals surface area contributed by atoms with Crippen LogP contribution in [-0.2, 0) is 11.8 Å². The van der Waals surface area contributed by atoms with Crippen molar-refractivity contribution in [3.05, 3.63) is 51.9 Å². The van der Waals surface area contributed by atoms with Gasteiger partial charge in [0, 0.05) is 42.9 Å². The molecule has 6 heteroatoms. The minimum absolute atomic E-state index is 0.0678. The van der Waals surface area contributed by atoms with Crippen LogP contribution >= 0.6 is 0 Å². The van der Waals surface area contributed by atoms with Crippen molar-refractivity contribution in [2.24, 2.45) is 23.2 Å². The van der Waals surface area contributed by atoms with Gasteiger partial charge in [0.25, 0.3) is 5.56 Å². The molecule has 2 N–H and O–H groups in total. The molecule has 2 saturated heterocycles. The van der Waals surface area contributed by atoms with Gasteiger partial charge in [-0.2, -0.15) is 0 Å². The second-order valence-electron chi connectivity index (χ2n) is 11.9. The Kier molecular flexibility index (Phi) is 3.58. The summed E-state index contributed by atoms with van der Waals surface area (Å²) in [5.74, 6) is 3.28. The van der Waals surface area contributed by atoms with Crippen LogP contribution in [0.5, 0.6) is 5.75 Å². The maximum absolute atomic E-state index is 12.1. The van der Waals surface area contributed by atoms with Gasteiger partial charge >= 0.3 is 0 Å². The molecule has 0 spiro atoms. The topological polar surface area (TPSA) is 72.5 Å². The average Bonchev–Trinajstić information content (AvgIpc) is 3.49. The third-order valence-corrected chi connectivity index (χ3v) is 10.7. The first-order valence-electron chi connectivity index (χ1n) is 13.0. The number of aromatic hydroxyl groups is 1. The van der Waals surface area contributed by atoms with E-state index >= 15 is 0 Å². The zero-order chi connectivity index (χ0) is 21.9. The number of hydrogen-bond donors (Lipinski definition) is 2. The van der Waals surface area contributed by atoms with Crippen LogP contribution in [0.3, 0.4) is 0 Å². The smallest absolute Gasteiger partial charge is 0.252 e. The van der Waals surface area contributed by atoms with E-state index < -0.39 is 0 Å². The molecule has 1 aromatic carbocycles. The fourth-order valence-electron chi connectivity index (χ4n) is 9.69. The lowest BCUT2D eigenvalue weighted by Gasteiger charge is -2.66. The Bertz CT molecular complexity index is 1210. The van der Waals surface area contributed by atoms with Crippen molar-refractivity contribution in [3.8, 4) is 5.75 Å². The molecule has 6 nitrogen and oxygen atoms in total. The summed E-state index contributed by atoms with van der Waals surface area (Å²) in [4.78, 5) is 25.0. The minimum Gasteiger partial charge on any atom is -0.508 e. The van der Waals surface area contributed by atoms with E-state index in [1.165, 1.54) is 68.8 Å². The summed E-state index contributed by atoms with van der Waals surface area (Å²) in [6.45, 7) is 3.47. The summed E-state index contributed by atoms with van der Waals surface area (Å²) in [6, 6.07) is 8.81. The molecule has 2 aromatic rings. The predicted molar refractivity (Wildman–Crippen MR) is 125 cm³/mol.